The number of benzene rings is 2. The maximum absolute atomic E-state index is 13.7. The van der Waals surface area contributed by atoms with E-state index in [-0.39, 0.29) is 12.1 Å². The van der Waals surface area contributed by atoms with Crippen LogP contribution in [0, 0.1) is 0 Å². The van der Waals surface area contributed by atoms with E-state index >= 15 is 0 Å². The highest BCUT2D eigenvalue weighted by molar-refractivity contribution is 7.56. The fraction of sp³-hybridized carbons (Fsp3) is 0.333. The average Bonchev–Trinajstić information content (AvgIpc) is 2.78. The summed E-state index contributed by atoms with van der Waals surface area (Å²) in [5.74, 6) is 0. The van der Waals surface area contributed by atoms with E-state index in [2.05, 4.69) is 24.3 Å². The molecule has 0 unspecified atom stereocenters. The third-order valence-electron chi connectivity index (χ3n) is 4.73. The lowest BCUT2D eigenvalue weighted by molar-refractivity contribution is 0.316. The van der Waals surface area contributed by atoms with Crippen molar-refractivity contribution in [3.63, 3.8) is 0 Å². The zero-order valence-corrected chi connectivity index (χ0v) is 15.0. The molecule has 0 aromatic heterocycles. The van der Waals surface area contributed by atoms with Gasteiger partial charge in [-0.05, 0) is 39.3 Å². The van der Waals surface area contributed by atoms with Crippen molar-refractivity contribution in [2.45, 2.75) is 12.1 Å². The van der Waals surface area contributed by atoms with Gasteiger partial charge in [-0.2, -0.15) is 0 Å². The molecule has 5 heteroatoms. The van der Waals surface area contributed by atoms with Crippen LogP contribution >= 0.6 is 7.59 Å². The number of hydrogen-bond acceptors (Lipinski definition) is 1. The molecule has 2 aromatic rings. The third kappa shape index (κ3) is 2.56. The van der Waals surface area contributed by atoms with Crippen molar-refractivity contribution < 1.29 is 4.57 Å². The summed E-state index contributed by atoms with van der Waals surface area (Å²) in [6, 6.07) is 20.8. The van der Waals surface area contributed by atoms with E-state index in [9.17, 15) is 4.57 Å². The summed E-state index contributed by atoms with van der Waals surface area (Å²) in [6.45, 7) is 0. The molecular weight excluding hydrogens is 305 g/mol. The fourth-order valence-corrected chi connectivity index (χ4v) is 6.36. The molecule has 0 spiro atoms. The molecule has 0 saturated carbocycles. The largest absolute Gasteiger partial charge is 0.287 e. The van der Waals surface area contributed by atoms with Crippen molar-refractivity contribution in [1.82, 2.24) is 14.0 Å². The third-order valence-corrected chi connectivity index (χ3v) is 7.91. The van der Waals surface area contributed by atoms with Crippen LogP contribution < -0.4 is 0 Å². The average molecular weight is 329 g/mol. The summed E-state index contributed by atoms with van der Waals surface area (Å²) >= 11 is 0. The van der Waals surface area contributed by atoms with Crippen LogP contribution in [0.25, 0.3) is 0 Å². The Morgan fingerprint density at radius 1 is 0.783 bits per heavy atom. The normalized spacial score (nSPS) is 25.1. The van der Waals surface area contributed by atoms with Crippen LogP contribution in [0.3, 0.4) is 0 Å². The molecule has 0 radical (unpaired) electrons. The van der Waals surface area contributed by atoms with E-state index in [1.807, 2.05) is 78.6 Å². The molecule has 3 rings (SSSR count). The summed E-state index contributed by atoms with van der Waals surface area (Å²) in [6.07, 6.45) is 0. The molecular formula is C18H24N3OP. The van der Waals surface area contributed by atoms with Crippen LogP contribution in [0.1, 0.15) is 23.2 Å². The van der Waals surface area contributed by atoms with Gasteiger partial charge in [0.15, 0.2) is 0 Å². The molecule has 0 amide bonds. The second kappa shape index (κ2) is 6.21. The Hall–Kier alpha value is -1.45. The Bertz CT molecular complexity index is 649. The van der Waals surface area contributed by atoms with Crippen molar-refractivity contribution in [3.8, 4) is 0 Å². The first-order valence-electron chi connectivity index (χ1n) is 7.82. The molecule has 122 valence electrons. The molecule has 0 N–H and O–H groups in total. The molecule has 2 atom stereocenters. The Labute approximate surface area is 138 Å². The minimum absolute atomic E-state index is 0.0526. The van der Waals surface area contributed by atoms with Crippen LogP contribution in [0.15, 0.2) is 60.7 Å². The molecule has 1 aliphatic rings. The fourth-order valence-electron chi connectivity index (χ4n) is 3.62. The van der Waals surface area contributed by atoms with Crippen LogP contribution in [0.5, 0.6) is 0 Å². The van der Waals surface area contributed by atoms with Crippen LogP contribution in [-0.4, -0.2) is 42.2 Å². The van der Waals surface area contributed by atoms with Gasteiger partial charge in [0.25, 0.3) is 7.59 Å². The topological polar surface area (TPSA) is 26.8 Å². The zero-order chi connectivity index (χ0) is 16.6. The van der Waals surface area contributed by atoms with Gasteiger partial charge >= 0.3 is 0 Å². The van der Waals surface area contributed by atoms with Gasteiger partial charge in [0, 0.05) is 0 Å². The van der Waals surface area contributed by atoms with E-state index in [1.165, 1.54) is 11.1 Å². The van der Waals surface area contributed by atoms with Gasteiger partial charge in [-0.15, -0.1) is 0 Å². The van der Waals surface area contributed by atoms with E-state index in [4.69, 9.17) is 0 Å². The van der Waals surface area contributed by atoms with Crippen molar-refractivity contribution in [1.29, 1.82) is 0 Å². The summed E-state index contributed by atoms with van der Waals surface area (Å²) in [5, 5.41) is 0. The molecule has 0 bridgehead atoms. The van der Waals surface area contributed by atoms with Crippen molar-refractivity contribution >= 4 is 7.59 Å². The standard InChI is InChI=1S/C18H24N3OP/c1-19(2)23(22)20(3)17(15-11-7-5-8-12-15)18(21(23)4)16-13-9-6-10-14-16/h5-14,17-18H,1-4H3/t17-,18-/m0/s1. The molecule has 1 fully saturated rings. The van der Waals surface area contributed by atoms with Crippen LogP contribution in [-0.2, 0) is 4.57 Å². The Morgan fingerprint density at radius 2 is 1.13 bits per heavy atom. The van der Waals surface area contributed by atoms with E-state index in [0.29, 0.717) is 0 Å². The van der Waals surface area contributed by atoms with Gasteiger partial charge < -0.3 is 0 Å². The Morgan fingerprint density at radius 3 is 1.43 bits per heavy atom. The predicted octanol–water partition coefficient (Wildman–Crippen LogP) is 4.02. The summed E-state index contributed by atoms with van der Waals surface area (Å²) < 4.78 is 19.7. The minimum atomic E-state index is -2.77. The van der Waals surface area contributed by atoms with Gasteiger partial charge in [-0.25, -0.2) is 14.0 Å². The number of rotatable bonds is 3. The molecule has 1 aliphatic heterocycles. The highest BCUT2D eigenvalue weighted by Crippen LogP contribution is 2.68. The van der Waals surface area contributed by atoms with Gasteiger partial charge in [-0.3, -0.25) is 4.57 Å². The lowest BCUT2D eigenvalue weighted by atomic mass is 9.93. The number of likely N-dealkylation sites (N-methyl/N-ethyl adjacent to an activating group) is 2. The first kappa shape index (κ1) is 16.4. The lowest BCUT2D eigenvalue weighted by Gasteiger charge is -2.32. The van der Waals surface area contributed by atoms with E-state index < -0.39 is 7.59 Å². The molecule has 4 nitrogen and oxygen atoms in total. The van der Waals surface area contributed by atoms with Crippen molar-refractivity contribution in [3.05, 3.63) is 71.8 Å². The first-order valence-corrected chi connectivity index (χ1v) is 9.39. The highest BCUT2D eigenvalue weighted by atomic mass is 31.2. The Balaban J connectivity index is 2.16. The van der Waals surface area contributed by atoms with Gasteiger partial charge in [-0.1, -0.05) is 60.7 Å². The van der Waals surface area contributed by atoms with Crippen LogP contribution in [0.4, 0.5) is 0 Å². The molecule has 2 aromatic carbocycles. The van der Waals surface area contributed by atoms with Gasteiger partial charge in [0.2, 0.25) is 0 Å². The second-order valence-corrected chi connectivity index (χ2v) is 9.31. The van der Waals surface area contributed by atoms with Gasteiger partial charge in [0.05, 0.1) is 12.1 Å². The first-order chi connectivity index (χ1) is 11.0. The highest BCUT2D eigenvalue weighted by Gasteiger charge is 2.53. The van der Waals surface area contributed by atoms with Crippen molar-refractivity contribution in [2.75, 3.05) is 28.2 Å². The van der Waals surface area contributed by atoms with Crippen molar-refractivity contribution in [2.24, 2.45) is 0 Å². The summed E-state index contributed by atoms with van der Waals surface area (Å²) in [4.78, 5) is 0. The Kier molecular flexibility index (Phi) is 4.43. The molecule has 0 aliphatic carbocycles. The lowest BCUT2D eigenvalue weighted by Crippen LogP contribution is -2.25. The van der Waals surface area contributed by atoms with E-state index in [1.54, 1.807) is 0 Å². The second-order valence-electron chi connectivity index (χ2n) is 6.22. The molecule has 1 saturated heterocycles. The number of hydrogen-bond donors (Lipinski definition) is 0. The summed E-state index contributed by atoms with van der Waals surface area (Å²) in [7, 11) is 4.96. The van der Waals surface area contributed by atoms with Crippen LogP contribution in [0.2, 0.25) is 0 Å². The SMILES string of the molecule is CN(C)P1(=O)N(C)[C@@H](c2ccccc2)[C@H](c2ccccc2)N1C. The number of nitrogens with zero attached hydrogens (tertiary/aromatic N) is 3. The smallest absolute Gasteiger partial charge is 0.270 e. The molecule has 23 heavy (non-hydrogen) atoms. The van der Waals surface area contributed by atoms with Gasteiger partial charge in [0.1, 0.15) is 0 Å². The molecule has 1 heterocycles. The minimum Gasteiger partial charge on any atom is -0.270 e. The quantitative estimate of drug-likeness (QED) is 0.795. The van der Waals surface area contributed by atoms with E-state index in [0.717, 1.165) is 0 Å². The maximum Gasteiger partial charge on any atom is 0.287 e. The zero-order valence-electron chi connectivity index (χ0n) is 14.1. The monoisotopic (exact) mass is 329 g/mol. The maximum atomic E-state index is 13.7. The predicted molar refractivity (Wildman–Crippen MR) is 95.2 cm³/mol. The summed E-state index contributed by atoms with van der Waals surface area (Å²) in [5.41, 5.74) is 2.38.